The second kappa shape index (κ2) is 3.90. The van der Waals surface area contributed by atoms with Crippen LogP contribution in [0.1, 0.15) is 16.7 Å². The molecule has 0 saturated carbocycles. The number of hydrogen-bond donors (Lipinski definition) is 0. The topological polar surface area (TPSA) is 0 Å². The summed E-state index contributed by atoms with van der Waals surface area (Å²) in [6.07, 6.45) is 0. The fraction of sp³-hybridized carbons (Fsp3) is 0.333. The molecule has 0 aliphatic rings. The molecule has 0 N–H and O–H groups in total. The molecule has 0 aliphatic carbocycles. The molecule has 1 rings (SSSR count). The maximum atomic E-state index is 3.14. The molecule has 0 atom stereocenters. The predicted molar refractivity (Wildman–Crippen MR) is 39.5 cm³/mol. The van der Waals surface area contributed by atoms with Crippen LogP contribution in [0.4, 0.5) is 0 Å². The monoisotopic (exact) mass is 312 g/mol. The third kappa shape index (κ3) is 1.93. The summed E-state index contributed by atoms with van der Waals surface area (Å²) in [7, 11) is 0. The molecule has 10 heavy (non-hydrogen) atoms. The predicted octanol–water partition coefficient (Wildman–Crippen LogP) is 2.41. The molecule has 1 aromatic carbocycles. The van der Waals surface area contributed by atoms with Gasteiger partial charge in [-0.2, -0.15) is 34.9 Å². The molecule has 0 bridgehead atoms. The summed E-state index contributed by atoms with van der Waals surface area (Å²) >= 11 is 0. The van der Waals surface area contributed by atoms with Gasteiger partial charge < -0.3 is 0 Å². The number of aryl methyl sites for hydroxylation is 2. The van der Waals surface area contributed by atoms with Gasteiger partial charge >= 0.3 is 0 Å². The van der Waals surface area contributed by atoms with Crippen molar-refractivity contribution >= 4 is 0 Å². The minimum absolute atomic E-state index is 0. The zero-order valence-corrected chi connectivity index (χ0v) is 8.88. The Hall–Kier alpha value is -0.131. The van der Waals surface area contributed by atoms with E-state index in [1.807, 2.05) is 6.07 Å². The Morgan fingerprint density at radius 3 is 2.20 bits per heavy atom. The van der Waals surface area contributed by atoms with Gasteiger partial charge in [0, 0.05) is 20.1 Å². The molecule has 0 nitrogen and oxygen atoms in total. The zero-order chi connectivity index (χ0) is 6.85. The third-order valence-electron chi connectivity index (χ3n) is 1.79. The summed E-state index contributed by atoms with van der Waals surface area (Å²) < 4.78 is 0. The van der Waals surface area contributed by atoms with Crippen molar-refractivity contribution in [1.82, 2.24) is 0 Å². The van der Waals surface area contributed by atoms with Crippen LogP contribution in [-0.4, -0.2) is 0 Å². The Morgan fingerprint density at radius 2 is 1.80 bits per heavy atom. The Labute approximate surface area is 76.0 Å². The van der Waals surface area contributed by atoms with Crippen LogP contribution in [0, 0.1) is 26.8 Å². The van der Waals surface area contributed by atoms with E-state index < -0.39 is 0 Å². The molecule has 0 spiro atoms. The molecular weight excluding hydrogens is 300 g/mol. The molecule has 57 valence electrons. The van der Waals surface area contributed by atoms with Gasteiger partial charge in [-0.25, -0.2) is 0 Å². The third-order valence-corrected chi connectivity index (χ3v) is 1.79. The first kappa shape index (κ1) is 9.87. The second-order valence-electron chi connectivity index (χ2n) is 2.41. The molecule has 1 radical (unpaired) electrons. The van der Waals surface area contributed by atoms with Gasteiger partial charge in [0.25, 0.3) is 0 Å². The van der Waals surface area contributed by atoms with Gasteiger partial charge in [0.05, 0.1) is 0 Å². The molecule has 0 fully saturated rings. The average Bonchev–Trinajstić information content (AvgIpc) is 1.83. The normalized spacial score (nSPS) is 8.70. The Bertz CT molecular complexity index is 196. The van der Waals surface area contributed by atoms with Crippen LogP contribution in [0.3, 0.4) is 0 Å². The van der Waals surface area contributed by atoms with Crippen LogP contribution in [-0.2, 0) is 20.1 Å². The van der Waals surface area contributed by atoms with Crippen molar-refractivity contribution in [2.75, 3.05) is 0 Å². The number of hydrogen-bond acceptors (Lipinski definition) is 0. The van der Waals surface area contributed by atoms with E-state index in [1.54, 1.807) is 0 Å². The van der Waals surface area contributed by atoms with Gasteiger partial charge in [-0.15, -0.1) is 0 Å². The van der Waals surface area contributed by atoms with Crippen molar-refractivity contribution in [3.8, 4) is 0 Å². The number of rotatable bonds is 0. The fourth-order valence-corrected chi connectivity index (χ4v) is 0.821. The molecule has 0 aromatic heterocycles. The van der Waals surface area contributed by atoms with E-state index in [0.29, 0.717) is 0 Å². The van der Waals surface area contributed by atoms with E-state index in [0.717, 1.165) is 0 Å². The van der Waals surface area contributed by atoms with Crippen molar-refractivity contribution in [3.05, 3.63) is 34.9 Å². The second-order valence-corrected chi connectivity index (χ2v) is 2.41. The first-order valence-electron chi connectivity index (χ1n) is 3.16. The van der Waals surface area contributed by atoms with Crippen molar-refractivity contribution in [2.24, 2.45) is 0 Å². The van der Waals surface area contributed by atoms with Gasteiger partial charge in [-0.3, -0.25) is 0 Å². The van der Waals surface area contributed by atoms with Crippen molar-refractivity contribution in [3.63, 3.8) is 0 Å². The van der Waals surface area contributed by atoms with Gasteiger partial charge in [0.1, 0.15) is 0 Å². The Balaban J connectivity index is 0.000000810. The summed E-state index contributed by atoms with van der Waals surface area (Å²) in [6, 6.07) is 7.20. The first-order valence-corrected chi connectivity index (χ1v) is 3.16. The molecule has 0 amide bonds. The van der Waals surface area contributed by atoms with E-state index >= 15 is 0 Å². The largest absolute Gasteiger partial charge is 0.180 e. The Morgan fingerprint density at radius 1 is 1.20 bits per heavy atom. The summed E-state index contributed by atoms with van der Waals surface area (Å²) in [4.78, 5) is 0. The van der Waals surface area contributed by atoms with Crippen molar-refractivity contribution in [1.29, 1.82) is 0 Å². The fourth-order valence-electron chi connectivity index (χ4n) is 0.821. The van der Waals surface area contributed by atoms with Gasteiger partial charge in [-0.1, -0.05) is 20.8 Å². The SMILES string of the molecule is Cc1[c-]ccc(C)c1C.[Ir]. The molecule has 0 saturated heterocycles. The van der Waals surface area contributed by atoms with Crippen LogP contribution in [0.15, 0.2) is 12.1 Å². The quantitative estimate of drug-likeness (QED) is 0.646. The maximum absolute atomic E-state index is 3.14. The van der Waals surface area contributed by atoms with Crippen LogP contribution < -0.4 is 0 Å². The maximum Gasteiger partial charge on any atom is 0 e. The number of benzene rings is 1. The van der Waals surface area contributed by atoms with Crippen LogP contribution >= 0.6 is 0 Å². The summed E-state index contributed by atoms with van der Waals surface area (Å²) in [5.74, 6) is 0. The Kier molecular flexibility index (Phi) is 3.85. The van der Waals surface area contributed by atoms with E-state index in [2.05, 4.69) is 32.9 Å². The molecule has 0 heterocycles. The van der Waals surface area contributed by atoms with E-state index in [9.17, 15) is 0 Å². The smallest absolute Gasteiger partial charge is 0 e. The van der Waals surface area contributed by atoms with Crippen LogP contribution in [0.5, 0.6) is 0 Å². The van der Waals surface area contributed by atoms with Gasteiger partial charge in [0.2, 0.25) is 0 Å². The summed E-state index contributed by atoms with van der Waals surface area (Å²) in [6.45, 7) is 6.33. The average molecular weight is 311 g/mol. The van der Waals surface area contributed by atoms with Gasteiger partial charge in [0.15, 0.2) is 0 Å². The standard InChI is InChI=1S/C9H11.Ir/c1-7-5-4-6-8(2)9(7)3;/h4-5H,1-3H3;/q-1;. The molecular formula is C9H11Ir-. The van der Waals surface area contributed by atoms with E-state index in [-0.39, 0.29) is 20.1 Å². The minimum Gasteiger partial charge on any atom is -0.180 e. The minimum atomic E-state index is 0. The molecule has 0 aliphatic heterocycles. The van der Waals surface area contributed by atoms with E-state index in [1.165, 1.54) is 16.7 Å². The first-order chi connectivity index (χ1) is 4.22. The molecule has 1 aromatic rings. The van der Waals surface area contributed by atoms with Crippen LogP contribution in [0.2, 0.25) is 0 Å². The van der Waals surface area contributed by atoms with Crippen molar-refractivity contribution < 1.29 is 20.1 Å². The molecule has 0 unspecified atom stereocenters. The summed E-state index contributed by atoms with van der Waals surface area (Å²) in [5, 5.41) is 0. The van der Waals surface area contributed by atoms with Gasteiger partial charge in [-0.05, 0) is 0 Å². The molecule has 1 heteroatoms. The zero-order valence-electron chi connectivity index (χ0n) is 6.49. The van der Waals surface area contributed by atoms with Crippen LogP contribution in [0.25, 0.3) is 0 Å². The summed E-state index contributed by atoms with van der Waals surface area (Å²) in [5.41, 5.74) is 3.97. The van der Waals surface area contributed by atoms with E-state index in [4.69, 9.17) is 0 Å². The van der Waals surface area contributed by atoms with Crippen molar-refractivity contribution in [2.45, 2.75) is 20.8 Å².